The van der Waals surface area contributed by atoms with Gasteiger partial charge in [-0.1, -0.05) is 54.6 Å². The molecule has 0 saturated heterocycles. The largest absolute Gasteiger partial charge is 0.289 e. The van der Waals surface area contributed by atoms with Gasteiger partial charge in [-0.05, 0) is 48.6 Å². The van der Waals surface area contributed by atoms with Gasteiger partial charge in [0.15, 0.2) is 5.78 Å². The lowest BCUT2D eigenvalue weighted by atomic mass is 9.95. The molecule has 0 aliphatic rings. The number of hydrogen-bond acceptors (Lipinski definition) is 1. The van der Waals surface area contributed by atoms with Gasteiger partial charge in [-0.3, -0.25) is 4.79 Å². The van der Waals surface area contributed by atoms with Gasteiger partial charge in [0.25, 0.3) is 0 Å². The highest BCUT2D eigenvalue weighted by atomic mass is 16.1. The monoisotopic (exact) mass is 276 g/mol. The zero-order valence-electron chi connectivity index (χ0n) is 12.6. The molecule has 0 spiro atoms. The van der Waals surface area contributed by atoms with E-state index < -0.39 is 0 Å². The molecule has 0 N–H and O–H groups in total. The summed E-state index contributed by atoms with van der Waals surface area (Å²) in [4.78, 5) is 12.1. The zero-order valence-corrected chi connectivity index (χ0v) is 12.6. The molecule has 0 aliphatic carbocycles. The average molecular weight is 276 g/mol. The molecule has 0 aliphatic heterocycles. The van der Waals surface area contributed by atoms with Crippen LogP contribution >= 0.6 is 0 Å². The zero-order chi connectivity index (χ0) is 15.2. The van der Waals surface area contributed by atoms with Gasteiger partial charge in [-0.2, -0.15) is 0 Å². The molecule has 0 aromatic heterocycles. The normalized spacial score (nSPS) is 10.8. The fourth-order valence-electron chi connectivity index (χ4n) is 2.32. The Bertz CT molecular complexity index is 678. The summed E-state index contributed by atoms with van der Waals surface area (Å²) in [7, 11) is 0. The summed E-state index contributed by atoms with van der Waals surface area (Å²) in [6, 6.07) is 13.5. The first-order valence-corrected chi connectivity index (χ1v) is 7.11. The number of allylic oxidation sites excluding steroid dienone is 2. The summed E-state index contributed by atoms with van der Waals surface area (Å²) in [6.45, 7) is 7.99. The van der Waals surface area contributed by atoms with Gasteiger partial charge in [-0.15, -0.1) is 6.58 Å². The van der Waals surface area contributed by atoms with E-state index in [4.69, 9.17) is 0 Å². The second-order valence-electron chi connectivity index (χ2n) is 5.12. The smallest absolute Gasteiger partial charge is 0.185 e. The van der Waals surface area contributed by atoms with E-state index >= 15 is 0 Å². The lowest BCUT2D eigenvalue weighted by Crippen LogP contribution is -1.95. The topological polar surface area (TPSA) is 17.1 Å². The third kappa shape index (κ3) is 3.57. The molecule has 0 bridgehead atoms. The van der Waals surface area contributed by atoms with Gasteiger partial charge in [0.2, 0.25) is 0 Å². The molecular weight excluding hydrogens is 256 g/mol. The van der Waals surface area contributed by atoms with E-state index in [9.17, 15) is 4.79 Å². The first-order valence-electron chi connectivity index (χ1n) is 7.11. The van der Waals surface area contributed by atoms with Crippen molar-refractivity contribution in [2.24, 2.45) is 0 Å². The molecule has 0 heterocycles. The Labute approximate surface area is 126 Å². The molecule has 2 aromatic carbocycles. The second-order valence-corrected chi connectivity index (χ2v) is 5.12. The summed E-state index contributed by atoms with van der Waals surface area (Å²) >= 11 is 0. The van der Waals surface area contributed by atoms with Gasteiger partial charge < -0.3 is 0 Å². The Morgan fingerprint density at radius 3 is 2.43 bits per heavy atom. The molecule has 0 radical (unpaired) electrons. The molecule has 0 amide bonds. The Hall–Kier alpha value is -2.41. The van der Waals surface area contributed by atoms with Crippen LogP contribution in [0, 0.1) is 13.8 Å². The summed E-state index contributed by atoms with van der Waals surface area (Å²) < 4.78 is 0. The first kappa shape index (κ1) is 15.0. The number of ketones is 1. The second kappa shape index (κ2) is 6.85. The maximum Gasteiger partial charge on any atom is 0.185 e. The Kier molecular flexibility index (Phi) is 4.89. The predicted octanol–water partition coefficient (Wildman–Crippen LogP) is 4.93. The fourth-order valence-corrected chi connectivity index (χ4v) is 2.32. The Morgan fingerprint density at radius 2 is 1.76 bits per heavy atom. The van der Waals surface area contributed by atoms with Crippen molar-refractivity contribution in [3.05, 3.63) is 89.0 Å². The highest BCUT2D eigenvalue weighted by Crippen LogP contribution is 2.20. The van der Waals surface area contributed by atoms with Crippen molar-refractivity contribution in [2.45, 2.75) is 20.3 Å². The molecule has 0 unspecified atom stereocenters. The SMILES string of the molecule is C=CCc1ccc(C=CC(=O)c2ccccc2)c(C)c1C. The van der Waals surface area contributed by atoms with Crippen LogP contribution < -0.4 is 0 Å². The van der Waals surface area contributed by atoms with E-state index in [1.807, 2.05) is 42.5 Å². The summed E-state index contributed by atoms with van der Waals surface area (Å²) in [6.07, 6.45) is 6.33. The van der Waals surface area contributed by atoms with Crippen molar-refractivity contribution >= 4 is 11.9 Å². The molecule has 0 fully saturated rings. The average Bonchev–Trinajstić information content (AvgIpc) is 2.52. The molecule has 2 aromatic rings. The summed E-state index contributed by atoms with van der Waals surface area (Å²) in [5, 5.41) is 0. The van der Waals surface area contributed by atoms with Crippen molar-refractivity contribution < 1.29 is 4.79 Å². The van der Waals surface area contributed by atoms with Crippen molar-refractivity contribution in [2.75, 3.05) is 0 Å². The minimum absolute atomic E-state index is 0.0304. The van der Waals surface area contributed by atoms with E-state index in [0.717, 1.165) is 12.0 Å². The van der Waals surface area contributed by atoms with E-state index in [1.54, 1.807) is 6.08 Å². The van der Waals surface area contributed by atoms with Crippen LogP contribution in [0.2, 0.25) is 0 Å². The standard InChI is InChI=1S/C20H20O/c1-4-8-17-11-12-18(16(3)15(17)2)13-14-20(21)19-9-6-5-7-10-19/h4-7,9-14H,1,8H2,2-3H3. The minimum atomic E-state index is 0.0304. The van der Waals surface area contributed by atoms with E-state index in [2.05, 4.69) is 32.6 Å². The van der Waals surface area contributed by atoms with E-state index in [-0.39, 0.29) is 5.78 Å². The highest BCUT2D eigenvalue weighted by molar-refractivity contribution is 6.06. The molecule has 0 atom stereocenters. The fraction of sp³-hybridized carbons (Fsp3) is 0.150. The molecule has 106 valence electrons. The first-order chi connectivity index (χ1) is 10.1. The van der Waals surface area contributed by atoms with Gasteiger partial charge in [0, 0.05) is 5.56 Å². The number of benzene rings is 2. The molecule has 1 heteroatoms. The van der Waals surface area contributed by atoms with Gasteiger partial charge in [0.1, 0.15) is 0 Å². The van der Waals surface area contributed by atoms with Crippen molar-refractivity contribution in [3.8, 4) is 0 Å². The minimum Gasteiger partial charge on any atom is -0.289 e. The summed E-state index contributed by atoms with van der Waals surface area (Å²) in [5.41, 5.74) is 5.57. The third-order valence-electron chi connectivity index (χ3n) is 3.78. The molecule has 21 heavy (non-hydrogen) atoms. The predicted molar refractivity (Wildman–Crippen MR) is 89.6 cm³/mol. The third-order valence-corrected chi connectivity index (χ3v) is 3.78. The van der Waals surface area contributed by atoms with E-state index in [1.165, 1.54) is 16.7 Å². The number of rotatable bonds is 5. The molecule has 0 saturated carbocycles. The Morgan fingerprint density at radius 1 is 1.05 bits per heavy atom. The van der Waals surface area contributed by atoms with Gasteiger partial charge >= 0.3 is 0 Å². The van der Waals surface area contributed by atoms with Gasteiger partial charge in [-0.25, -0.2) is 0 Å². The van der Waals surface area contributed by atoms with Crippen LogP contribution in [0.4, 0.5) is 0 Å². The maximum atomic E-state index is 12.1. The van der Waals surface area contributed by atoms with E-state index in [0.29, 0.717) is 5.56 Å². The molecular formula is C20H20O. The van der Waals surface area contributed by atoms with Crippen molar-refractivity contribution in [3.63, 3.8) is 0 Å². The Balaban J connectivity index is 2.24. The molecule has 2 rings (SSSR count). The van der Waals surface area contributed by atoms with Crippen LogP contribution in [0.5, 0.6) is 0 Å². The van der Waals surface area contributed by atoms with Crippen LogP contribution in [0.1, 0.15) is 32.6 Å². The summed E-state index contributed by atoms with van der Waals surface area (Å²) in [5.74, 6) is 0.0304. The van der Waals surface area contributed by atoms with Crippen molar-refractivity contribution in [1.82, 2.24) is 0 Å². The maximum absolute atomic E-state index is 12.1. The highest BCUT2D eigenvalue weighted by Gasteiger charge is 2.04. The van der Waals surface area contributed by atoms with Crippen molar-refractivity contribution in [1.29, 1.82) is 0 Å². The quantitative estimate of drug-likeness (QED) is 0.430. The lowest BCUT2D eigenvalue weighted by molar-refractivity contribution is 0.104. The lowest BCUT2D eigenvalue weighted by Gasteiger charge is -2.10. The molecule has 1 nitrogen and oxygen atoms in total. The van der Waals surface area contributed by atoms with Crippen LogP contribution in [0.3, 0.4) is 0 Å². The number of hydrogen-bond donors (Lipinski definition) is 0. The van der Waals surface area contributed by atoms with Crippen LogP contribution in [-0.2, 0) is 6.42 Å². The van der Waals surface area contributed by atoms with Crippen LogP contribution in [0.15, 0.2) is 61.2 Å². The number of carbonyl (C=O) groups is 1. The van der Waals surface area contributed by atoms with Gasteiger partial charge in [0.05, 0.1) is 0 Å². The van der Waals surface area contributed by atoms with Crippen LogP contribution in [0.25, 0.3) is 6.08 Å². The van der Waals surface area contributed by atoms with Crippen LogP contribution in [-0.4, -0.2) is 5.78 Å². The number of carbonyl (C=O) groups excluding carboxylic acids is 1.